The quantitative estimate of drug-likeness (QED) is 0.706. The molecule has 0 aromatic carbocycles. The molecular weight excluding hydrogens is 356 g/mol. The van der Waals surface area contributed by atoms with E-state index in [-0.39, 0.29) is 12.0 Å². The zero-order chi connectivity index (χ0) is 18.5. The molecule has 2 saturated carbocycles. The maximum Gasteiger partial charge on any atom is 0.254 e. The Morgan fingerprint density at radius 1 is 1.00 bits per heavy atom. The van der Waals surface area contributed by atoms with Crippen LogP contribution in [-0.2, 0) is 0 Å². The zero-order valence-corrected chi connectivity index (χ0v) is 17.1. The highest BCUT2D eigenvalue weighted by Crippen LogP contribution is 2.32. The van der Waals surface area contributed by atoms with Crippen molar-refractivity contribution in [2.24, 2.45) is 0 Å². The molecule has 148 valence electrons. The standard InChI is InChI=1S/C22H32N2O2S/c25-22(17-11-13-23-21(15-17)26-20-12-14-27-16-20)24(18-7-3-1-4-8-18)19-9-5-2-6-10-19/h11,13,15,18-20H,1-10,12,14,16H2. The van der Waals surface area contributed by atoms with Crippen LogP contribution in [0.2, 0.25) is 0 Å². The second kappa shape index (κ2) is 9.31. The first-order valence-electron chi connectivity index (χ1n) is 10.8. The summed E-state index contributed by atoms with van der Waals surface area (Å²) in [6.07, 6.45) is 15.3. The molecule has 27 heavy (non-hydrogen) atoms. The number of hydrogen-bond acceptors (Lipinski definition) is 4. The van der Waals surface area contributed by atoms with Gasteiger partial charge >= 0.3 is 0 Å². The van der Waals surface area contributed by atoms with Gasteiger partial charge in [0.1, 0.15) is 6.10 Å². The summed E-state index contributed by atoms with van der Waals surface area (Å²) in [7, 11) is 0. The predicted molar refractivity (Wildman–Crippen MR) is 111 cm³/mol. The van der Waals surface area contributed by atoms with Crippen molar-refractivity contribution in [2.45, 2.75) is 88.8 Å². The Morgan fingerprint density at radius 3 is 2.26 bits per heavy atom. The molecule has 1 saturated heterocycles. The molecule has 2 heterocycles. The number of hydrogen-bond donors (Lipinski definition) is 0. The third kappa shape index (κ3) is 4.79. The van der Waals surface area contributed by atoms with Crippen molar-refractivity contribution in [1.29, 1.82) is 0 Å². The van der Waals surface area contributed by atoms with Crippen molar-refractivity contribution in [3.8, 4) is 5.88 Å². The van der Waals surface area contributed by atoms with Gasteiger partial charge in [0.15, 0.2) is 0 Å². The minimum Gasteiger partial charge on any atom is -0.473 e. The molecule has 1 aliphatic heterocycles. The van der Waals surface area contributed by atoms with Gasteiger partial charge in [0.2, 0.25) is 5.88 Å². The largest absolute Gasteiger partial charge is 0.473 e. The minimum atomic E-state index is 0.196. The van der Waals surface area contributed by atoms with Crippen LogP contribution in [0.4, 0.5) is 0 Å². The van der Waals surface area contributed by atoms with Gasteiger partial charge in [-0.1, -0.05) is 38.5 Å². The lowest BCUT2D eigenvalue weighted by Gasteiger charge is -2.41. The van der Waals surface area contributed by atoms with Gasteiger partial charge < -0.3 is 9.64 Å². The van der Waals surface area contributed by atoms with Crippen LogP contribution in [0.25, 0.3) is 0 Å². The topological polar surface area (TPSA) is 42.4 Å². The van der Waals surface area contributed by atoms with Gasteiger partial charge in [0, 0.05) is 35.7 Å². The molecule has 1 aromatic rings. The van der Waals surface area contributed by atoms with Gasteiger partial charge in [-0.25, -0.2) is 4.98 Å². The van der Waals surface area contributed by atoms with E-state index in [1.165, 1.54) is 38.5 Å². The van der Waals surface area contributed by atoms with Crippen LogP contribution in [0.3, 0.4) is 0 Å². The van der Waals surface area contributed by atoms with E-state index < -0.39 is 0 Å². The highest BCUT2D eigenvalue weighted by Gasteiger charge is 2.33. The average Bonchev–Trinajstić information content (AvgIpc) is 3.23. The van der Waals surface area contributed by atoms with Crippen molar-refractivity contribution in [2.75, 3.05) is 11.5 Å². The number of aromatic nitrogens is 1. The molecular formula is C22H32N2O2S. The molecule has 1 amide bonds. The third-order valence-electron chi connectivity index (χ3n) is 6.33. The summed E-state index contributed by atoms with van der Waals surface area (Å²) in [6.45, 7) is 0. The highest BCUT2D eigenvalue weighted by atomic mass is 32.2. The summed E-state index contributed by atoms with van der Waals surface area (Å²) in [5.41, 5.74) is 0.752. The fourth-order valence-corrected chi connectivity index (χ4v) is 5.97. The number of amides is 1. The Balaban J connectivity index is 1.52. The van der Waals surface area contributed by atoms with Crippen molar-refractivity contribution in [3.63, 3.8) is 0 Å². The van der Waals surface area contributed by atoms with Crippen LogP contribution in [-0.4, -0.2) is 45.5 Å². The first-order chi connectivity index (χ1) is 13.3. The van der Waals surface area contributed by atoms with E-state index in [1.807, 2.05) is 23.9 Å². The first kappa shape index (κ1) is 19.1. The fraction of sp³-hybridized carbons (Fsp3) is 0.727. The summed E-state index contributed by atoms with van der Waals surface area (Å²) >= 11 is 1.93. The molecule has 3 aliphatic rings. The molecule has 1 aromatic heterocycles. The van der Waals surface area contributed by atoms with E-state index in [0.29, 0.717) is 18.0 Å². The normalized spacial score (nSPS) is 24.7. The lowest BCUT2D eigenvalue weighted by molar-refractivity contribution is 0.0447. The SMILES string of the molecule is O=C(c1ccnc(OC2CCSC2)c1)N(C1CCCCC1)C1CCCCC1. The monoisotopic (exact) mass is 388 g/mol. The van der Waals surface area contributed by atoms with E-state index >= 15 is 0 Å². The maximum absolute atomic E-state index is 13.6. The highest BCUT2D eigenvalue weighted by molar-refractivity contribution is 7.99. The molecule has 0 bridgehead atoms. The van der Waals surface area contributed by atoms with E-state index in [9.17, 15) is 4.79 Å². The molecule has 1 atom stereocenters. The summed E-state index contributed by atoms with van der Waals surface area (Å²) in [4.78, 5) is 20.2. The Bertz CT molecular complexity index is 602. The van der Waals surface area contributed by atoms with Crippen LogP contribution in [0.5, 0.6) is 5.88 Å². The van der Waals surface area contributed by atoms with E-state index in [0.717, 1.165) is 49.2 Å². The van der Waals surface area contributed by atoms with Crippen LogP contribution in [0.15, 0.2) is 18.3 Å². The summed E-state index contributed by atoms with van der Waals surface area (Å²) < 4.78 is 6.03. The number of rotatable bonds is 5. The van der Waals surface area contributed by atoms with Gasteiger partial charge in [-0.3, -0.25) is 4.79 Å². The van der Waals surface area contributed by atoms with E-state index in [2.05, 4.69) is 9.88 Å². The molecule has 1 unspecified atom stereocenters. The van der Waals surface area contributed by atoms with Crippen LogP contribution in [0.1, 0.15) is 81.0 Å². The van der Waals surface area contributed by atoms with Crippen LogP contribution in [0, 0.1) is 0 Å². The van der Waals surface area contributed by atoms with Gasteiger partial charge in [-0.2, -0.15) is 11.8 Å². The summed E-state index contributed by atoms with van der Waals surface area (Å²) in [5.74, 6) is 2.98. The number of carbonyl (C=O) groups is 1. The van der Waals surface area contributed by atoms with Gasteiger partial charge in [-0.15, -0.1) is 0 Å². The van der Waals surface area contributed by atoms with Crippen LogP contribution >= 0.6 is 11.8 Å². The lowest BCUT2D eigenvalue weighted by atomic mass is 9.88. The smallest absolute Gasteiger partial charge is 0.254 e. The minimum absolute atomic E-state index is 0.196. The van der Waals surface area contributed by atoms with Crippen LogP contribution < -0.4 is 4.74 Å². The maximum atomic E-state index is 13.6. The Hall–Kier alpha value is -1.23. The molecule has 3 fully saturated rings. The van der Waals surface area contributed by atoms with Crippen molar-refractivity contribution < 1.29 is 9.53 Å². The van der Waals surface area contributed by atoms with Gasteiger partial charge in [-0.05, 0) is 43.9 Å². The summed E-state index contributed by atoms with van der Waals surface area (Å²) in [6, 6.07) is 4.58. The fourth-order valence-electron chi connectivity index (χ4n) is 4.88. The van der Waals surface area contributed by atoms with Crippen molar-refractivity contribution in [1.82, 2.24) is 9.88 Å². The first-order valence-corrected chi connectivity index (χ1v) is 12.0. The molecule has 4 rings (SSSR count). The molecule has 5 heteroatoms. The second-order valence-electron chi connectivity index (χ2n) is 8.28. The number of ether oxygens (including phenoxy) is 1. The predicted octanol–water partition coefficient (Wildman–Crippen LogP) is 5.07. The molecule has 0 N–H and O–H groups in total. The number of carbonyl (C=O) groups excluding carboxylic acids is 1. The summed E-state index contributed by atoms with van der Waals surface area (Å²) in [5, 5.41) is 0. The van der Waals surface area contributed by atoms with Crippen molar-refractivity contribution in [3.05, 3.63) is 23.9 Å². The molecule has 0 radical (unpaired) electrons. The Morgan fingerprint density at radius 2 is 1.67 bits per heavy atom. The average molecular weight is 389 g/mol. The second-order valence-corrected chi connectivity index (χ2v) is 9.43. The molecule has 0 spiro atoms. The number of pyridine rings is 1. The van der Waals surface area contributed by atoms with E-state index in [4.69, 9.17) is 4.74 Å². The Labute approximate surface area is 167 Å². The molecule has 4 nitrogen and oxygen atoms in total. The zero-order valence-electron chi connectivity index (χ0n) is 16.3. The van der Waals surface area contributed by atoms with Gasteiger partial charge in [0.25, 0.3) is 5.91 Å². The Kier molecular flexibility index (Phi) is 6.59. The number of thioether (sulfide) groups is 1. The third-order valence-corrected chi connectivity index (χ3v) is 7.46. The van der Waals surface area contributed by atoms with Gasteiger partial charge in [0.05, 0.1) is 0 Å². The lowest BCUT2D eigenvalue weighted by Crippen LogP contribution is -2.48. The number of nitrogens with zero attached hydrogens (tertiary/aromatic N) is 2. The molecule has 2 aliphatic carbocycles. The van der Waals surface area contributed by atoms with Crippen molar-refractivity contribution >= 4 is 17.7 Å². The van der Waals surface area contributed by atoms with E-state index in [1.54, 1.807) is 6.20 Å².